The number of likely N-dealkylation sites (tertiary alicyclic amines) is 1. The van der Waals surface area contributed by atoms with Gasteiger partial charge in [0.25, 0.3) is 0 Å². The number of carbonyl (C=O) groups excluding carboxylic acids is 2. The highest BCUT2D eigenvalue weighted by Crippen LogP contribution is 2.47. The first-order valence-corrected chi connectivity index (χ1v) is 7.70. The van der Waals surface area contributed by atoms with E-state index in [4.69, 9.17) is 0 Å². The second-order valence-corrected chi connectivity index (χ2v) is 6.11. The van der Waals surface area contributed by atoms with Crippen LogP contribution in [-0.4, -0.2) is 41.2 Å². The van der Waals surface area contributed by atoms with Crippen LogP contribution in [0.1, 0.15) is 12.0 Å². The zero-order valence-corrected chi connectivity index (χ0v) is 12.5. The quantitative estimate of drug-likeness (QED) is 0.782. The van der Waals surface area contributed by atoms with E-state index < -0.39 is 0 Å². The first kappa shape index (κ1) is 13.3. The summed E-state index contributed by atoms with van der Waals surface area (Å²) in [7, 11) is 1.60. The van der Waals surface area contributed by atoms with Gasteiger partial charge in [-0.2, -0.15) is 0 Å². The number of hydrogen-bond acceptors (Lipinski definition) is 3. The summed E-state index contributed by atoms with van der Waals surface area (Å²) in [6, 6.07) is 10.0. The van der Waals surface area contributed by atoms with Crippen LogP contribution in [0.3, 0.4) is 0 Å². The molecule has 3 aliphatic heterocycles. The van der Waals surface area contributed by atoms with Gasteiger partial charge in [0.15, 0.2) is 0 Å². The van der Waals surface area contributed by atoms with Crippen LogP contribution in [0.2, 0.25) is 0 Å². The smallest absolute Gasteiger partial charge is 0.238 e. The standard InChI is InChI=1S/C18H18N2O2/c1-19-17(21)15-13-8-5-11-20(13)14(16(15)18(19)22)10-9-12-6-3-2-4-7-12/h2-4,6-10,14-16H,5,11H2,1H3/b10-9+/t14-,15-,16+/m0/s1. The second kappa shape index (κ2) is 4.83. The Morgan fingerprint density at radius 3 is 2.68 bits per heavy atom. The molecule has 4 rings (SSSR count). The van der Waals surface area contributed by atoms with E-state index in [1.54, 1.807) is 7.05 Å². The van der Waals surface area contributed by atoms with Gasteiger partial charge in [-0.05, 0) is 12.0 Å². The zero-order chi connectivity index (χ0) is 15.3. The highest BCUT2D eigenvalue weighted by molar-refractivity contribution is 6.07. The van der Waals surface area contributed by atoms with Crippen LogP contribution in [-0.2, 0) is 9.59 Å². The van der Waals surface area contributed by atoms with Crippen LogP contribution < -0.4 is 0 Å². The van der Waals surface area contributed by atoms with Crippen molar-refractivity contribution in [2.24, 2.45) is 11.8 Å². The molecule has 22 heavy (non-hydrogen) atoms. The molecule has 4 nitrogen and oxygen atoms in total. The minimum absolute atomic E-state index is 0.0136. The predicted molar refractivity (Wildman–Crippen MR) is 83.4 cm³/mol. The third-order valence-electron chi connectivity index (χ3n) is 4.96. The summed E-state index contributed by atoms with van der Waals surface area (Å²) < 4.78 is 0. The number of rotatable bonds is 2. The van der Waals surface area contributed by atoms with E-state index in [0.717, 1.165) is 24.2 Å². The van der Waals surface area contributed by atoms with E-state index in [0.29, 0.717) is 0 Å². The Hall–Kier alpha value is -2.36. The van der Waals surface area contributed by atoms with E-state index in [2.05, 4.69) is 23.1 Å². The van der Waals surface area contributed by atoms with Crippen LogP contribution in [0.5, 0.6) is 0 Å². The highest BCUT2D eigenvalue weighted by Gasteiger charge is 2.58. The minimum Gasteiger partial charge on any atom is -0.367 e. The van der Waals surface area contributed by atoms with Gasteiger partial charge in [-0.1, -0.05) is 48.6 Å². The summed E-state index contributed by atoms with van der Waals surface area (Å²) in [5.74, 6) is -0.633. The Morgan fingerprint density at radius 1 is 1.14 bits per heavy atom. The van der Waals surface area contributed by atoms with Gasteiger partial charge in [0.1, 0.15) is 0 Å². The largest absolute Gasteiger partial charge is 0.367 e. The molecule has 2 fully saturated rings. The van der Waals surface area contributed by atoms with Crippen molar-refractivity contribution < 1.29 is 9.59 Å². The summed E-state index contributed by atoms with van der Waals surface area (Å²) in [5, 5.41) is 0. The zero-order valence-electron chi connectivity index (χ0n) is 12.5. The number of benzene rings is 1. The molecule has 1 aromatic rings. The molecule has 0 saturated carbocycles. The molecule has 1 aromatic carbocycles. The topological polar surface area (TPSA) is 40.6 Å². The lowest BCUT2D eigenvalue weighted by atomic mass is 9.90. The van der Waals surface area contributed by atoms with Crippen molar-refractivity contribution in [2.75, 3.05) is 13.6 Å². The van der Waals surface area contributed by atoms with Crippen molar-refractivity contribution in [2.45, 2.75) is 12.5 Å². The van der Waals surface area contributed by atoms with Gasteiger partial charge in [0.05, 0.1) is 17.9 Å². The summed E-state index contributed by atoms with van der Waals surface area (Å²) >= 11 is 0. The van der Waals surface area contributed by atoms with Crippen LogP contribution in [0.15, 0.2) is 48.2 Å². The minimum atomic E-state index is -0.273. The number of hydrogen-bond donors (Lipinski definition) is 0. The molecule has 0 aliphatic carbocycles. The second-order valence-electron chi connectivity index (χ2n) is 6.11. The van der Waals surface area contributed by atoms with Gasteiger partial charge < -0.3 is 4.90 Å². The van der Waals surface area contributed by atoms with E-state index in [1.807, 2.05) is 30.3 Å². The molecule has 0 aromatic heterocycles. The number of imide groups is 1. The Labute approximate surface area is 129 Å². The van der Waals surface area contributed by atoms with Gasteiger partial charge >= 0.3 is 0 Å². The maximum atomic E-state index is 12.5. The van der Waals surface area contributed by atoms with E-state index in [9.17, 15) is 9.59 Å². The van der Waals surface area contributed by atoms with Crippen LogP contribution >= 0.6 is 0 Å². The normalized spacial score (nSPS) is 30.2. The maximum Gasteiger partial charge on any atom is 0.238 e. The molecular formula is C18H18N2O2. The fourth-order valence-electron chi connectivity index (χ4n) is 3.91. The third kappa shape index (κ3) is 1.76. The Balaban J connectivity index is 1.70. The molecule has 0 radical (unpaired) electrons. The number of carbonyl (C=O) groups is 2. The molecule has 4 heteroatoms. The highest BCUT2D eigenvalue weighted by atomic mass is 16.2. The third-order valence-corrected chi connectivity index (χ3v) is 4.96. The van der Waals surface area contributed by atoms with Crippen molar-refractivity contribution in [3.63, 3.8) is 0 Å². The van der Waals surface area contributed by atoms with Gasteiger partial charge in [-0.25, -0.2) is 0 Å². The summed E-state index contributed by atoms with van der Waals surface area (Å²) in [5.41, 5.74) is 2.16. The van der Waals surface area contributed by atoms with Gasteiger partial charge in [-0.3, -0.25) is 14.5 Å². The first-order valence-electron chi connectivity index (χ1n) is 7.70. The van der Waals surface area contributed by atoms with E-state index in [1.165, 1.54) is 4.90 Å². The van der Waals surface area contributed by atoms with Gasteiger partial charge in [-0.15, -0.1) is 0 Å². The molecule has 112 valence electrons. The fourth-order valence-corrected chi connectivity index (χ4v) is 3.91. The monoisotopic (exact) mass is 294 g/mol. The molecule has 3 atom stereocenters. The van der Waals surface area contributed by atoms with Crippen molar-refractivity contribution in [1.82, 2.24) is 9.80 Å². The lowest BCUT2D eigenvalue weighted by molar-refractivity contribution is -0.138. The molecular weight excluding hydrogens is 276 g/mol. The molecule has 0 unspecified atom stereocenters. The van der Waals surface area contributed by atoms with Crippen molar-refractivity contribution in [3.8, 4) is 0 Å². The lowest BCUT2D eigenvalue weighted by Crippen LogP contribution is -2.36. The van der Waals surface area contributed by atoms with Crippen molar-refractivity contribution >= 4 is 17.9 Å². The Bertz CT molecular complexity index is 692. The fraction of sp³-hybridized carbons (Fsp3) is 0.333. The van der Waals surface area contributed by atoms with E-state index >= 15 is 0 Å². The predicted octanol–water partition coefficient (Wildman–Crippen LogP) is 1.90. The van der Waals surface area contributed by atoms with Crippen LogP contribution in [0, 0.1) is 11.8 Å². The number of fused-ring (bicyclic) bond motifs is 3. The average molecular weight is 294 g/mol. The molecule has 0 spiro atoms. The summed E-state index contributed by atoms with van der Waals surface area (Å²) in [4.78, 5) is 28.4. The molecule has 0 N–H and O–H groups in total. The van der Waals surface area contributed by atoms with Crippen molar-refractivity contribution in [3.05, 3.63) is 53.7 Å². The van der Waals surface area contributed by atoms with E-state index in [-0.39, 0.29) is 29.7 Å². The average Bonchev–Trinajstić information content (AvgIpc) is 3.17. The Kier molecular flexibility index (Phi) is 2.93. The maximum absolute atomic E-state index is 12.5. The summed E-state index contributed by atoms with van der Waals surface area (Å²) in [6.07, 6.45) is 7.22. The SMILES string of the molecule is CN1C(=O)[C@H]2C3=CCCN3[C@@H](/C=C/c3ccccc3)[C@H]2C1=O. The van der Waals surface area contributed by atoms with Gasteiger partial charge in [0, 0.05) is 19.3 Å². The number of amides is 2. The van der Waals surface area contributed by atoms with Crippen LogP contribution in [0.4, 0.5) is 0 Å². The molecule has 3 heterocycles. The molecule has 2 amide bonds. The lowest BCUT2D eigenvalue weighted by Gasteiger charge is -2.25. The molecule has 3 aliphatic rings. The van der Waals surface area contributed by atoms with Gasteiger partial charge in [0.2, 0.25) is 11.8 Å². The van der Waals surface area contributed by atoms with Crippen LogP contribution in [0.25, 0.3) is 6.08 Å². The Morgan fingerprint density at radius 2 is 1.91 bits per heavy atom. The number of nitrogens with zero attached hydrogens (tertiary/aromatic N) is 2. The summed E-state index contributed by atoms with van der Waals surface area (Å²) in [6.45, 7) is 0.899. The molecule has 2 saturated heterocycles. The molecule has 0 bridgehead atoms. The van der Waals surface area contributed by atoms with Crippen molar-refractivity contribution in [1.29, 1.82) is 0 Å². The first-order chi connectivity index (χ1) is 10.7.